The number of amides is 4. The summed E-state index contributed by atoms with van der Waals surface area (Å²) in [6, 6.07) is 15.3. The van der Waals surface area contributed by atoms with E-state index < -0.39 is 17.5 Å². The number of carbonyl (C=O) groups is 4. The van der Waals surface area contributed by atoms with E-state index in [9.17, 15) is 19.2 Å². The molecule has 2 aromatic rings. The van der Waals surface area contributed by atoms with Gasteiger partial charge in [-0.3, -0.25) is 19.2 Å². The van der Waals surface area contributed by atoms with Gasteiger partial charge in [-0.2, -0.15) is 0 Å². The van der Waals surface area contributed by atoms with Crippen molar-refractivity contribution in [2.45, 2.75) is 76.4 Å². The maximum absolute atomic E-state index is 13.5. The van der Waals surface area contributed by atoms with Crippen LogP contribution in [0.2, 0.25) is 0 Å². The van der Waals surface area contributed by atoms with Crippen LogP contribution >= 0.6 is 0 Å². The first-order valence-corrected chi connectivity index (χ1v) is 14.2. The standard InChI is InChI=1S/C31H40N4O5/c1-21(2)25-20-40-26-13-7-6-12-23(26)28(37)33-24(29(38)32-19-16-22-10-4-3-5-11-22)14-15-27(36)35-31(30(39)34-25)17-8-9-18-31/h3-7,10-13,21,24-25H,8-9,14-20H2,1-2H3,(H,32,38)(H,33,37)(H,34,39)(H,35,36)/t24-,25+/m0/s1. The minimum atomic E-state index is -0.987. The highest BCUT2D eigenvalue weighted by Gasteiger charge is 2.43. The molecule has 1 heterocycles. The summed E-state index contributed by atoms with van der Waals surface area (Å²) in [6.07, 6.45) is 3.50. The number of nitrogens with one attached hydrogen (secondary N) is 4. The number of fused-ring (bicyclic) bond motifs is 1. The molecule has 1 aliphatic carbocycles. The Morgan fingerprint density at radius 2 is 1.70 bits per heavy atom. The quantitative estimate of drug-likeness (QED) is 0.457. The van der Waals surface area contributed by atoms with E-state index in [1.165, 1.54) is 0 Å². The number of carbonyl (C=O) groups excluding carboxylic acids is 4. The van der Waals surface area contributed by atoms with Gasteiger partial charge in [-0.25, -0.2) is 0 Å². The minimum Gasteiger partial charge on any atom is -0.491 e. The first kappa shape index (κ1) is 29.1. The maximum atomic E-state index is 13.5. The topological polar surface area (TPSA) is 126 Å². The third-order valence-electron chi connectivity index (χ3n) is 7.78. The summed E-state index contributed by atoms with van der Waals surface area (Å²) < 4.78 is 6.07. The lowest BCUT2D eigenvalue weighted by atomic mass is 9.94. The molecule has 0 unspecified atom stereocenters. The molecule has 2 aromatic carbocycles. The van der Waals surface area contributed by atoms with E-state index in [-0.39, 0.29) is 54.7 Å². The molecule has 9 heteroatoms. The van der Waals surface area contributed by atoms with Crippen molar-refractivity contribution in [1.82, 2.24) is 21.3 Å². The first-order valence-electron chi connectivity index (χ1n) is 14.2. The summed E-state index contributed by atoms with van der Waals surface area (Å²) >= 11 is 0. The lowest BCUT2D eigenvalue weighted by molar-refractivity contribution is -0.134. The van der Waals surface area contributed by atoms with Crippen LogP contribution in [0, 0.1) is 5.92 Å². The van der Waals surface area contributed by atoms with Crippen molar-refractivity contribution in [2.24, 2.45) is 5.92 Å². The molecule has 1 saturated carbocycles. The Morgan fingerprint density at radius 1 is 1.00 bits per heavy atom. The molecule has 4 N–H and O–H groups in total. The van der Waals surface area contributed by atoms with E-state index >= 15 is 0 Å². The minimum absolute atomic E-state index is 0.0160. The molecular formula is C31H40N4O5. The number of hydrogen-bond donors (Lipinski definition) is 4. The fraction of sp³-hybridized carbons (Fsp3) is 0.484. The summed E-state index contributed by atoms with van der Waals surface area (Å²) in [5.41, 5.74) is 0.378. The maximum Gasteiger partial charge on any atom is 0.255 e. The van der Waals surface area contributed by atoms with Crippen LogP contribution in [0.1, 0.15) is 68.3 Å². The van der Waals surface area contributed by atoms with Gasteiger partial charge in [-0.15, -0.1) is 0 Å². The molecule has 0 saturated heterocycles. The molecule has 4 amide bonds. The van der Waals surface area contributed by atoms with Crippen LogP contribution in [0.25, 0.3) is 0 Å². The molecule has 1 fully saturated rings. The molecule has 2 atom stereocenters. The lowest BCUT2D eigenvalue weighted by Crippen LogP contribution is -2.60. The molecule has 4 rings (SSSR count). The fourth-order valence-corrected chi connectivity index (χ4v) is 5.26. The predicted molar refractivity (Wildman–Crippen MR) is 152 cm³/mol. The summed E-state index contributed by atoms with van der Waals surface area (Å²) in [5.74, 6) is -0.949. The number of hydrogen-bond acceptors (Lipinski definition) is 5. The second-order valence-corrected chi connectivity index (χ2v) is 11.1. The molecule has 9 nitrogen and oxygen atoms in total. The Balaban J connectivity index is 1.56. The Hall–Kier alpha value is -3.88. The normalized spacial score (nSPS) is 21.7. The largest absolute Gasteiger partial charge is 0.491 e. The molecule has 1 aliphatic heterocycles. The van der Waals surface area contributed by atoms with E-state index in [0.717, 1.165) is 18.4 Å². The number of rotatable bonds is 5. The Bertz CT molecular complexity index is 1190. The first-order chi connectivity index (χ1) is 19.3. The molecule has 0 radical (unpaired) electrons. The monoisotopic (exact) mass is 548 g/mol. The zero-order valence-electron chi connectivity index (χ0n) is 23.3. The van der Waals surface area contributed by atoms with Crippen molar-refractivity contribution in [3.8, 4) is 5.75 Å². The van der Waals surface area contributed by atoms with E-state index in [0.29, 0.717) is 31.6 Å². The third-order valence-corrected chi connectivity index (χ3v) is 7.78. The Morgan fingerprint density at radius 3 is 2.42 bits per heavy atom. The van der Waals surface area contributed by atoms with Crippen LogP contribution in [-0.4, -0.2) is 54.4 Å². The van der Waals surface area contributed by atoms with Crippen molar-refractivity contribution in [3.05, 3.63) is 65.7 Å². The van der Waals surface area contributed by atoms with Crippen molar-refractivity contribution >= 4 is 23.6 Å². The van der Waals surface area contributed by atoms with Crippen LogP contribution in [-0.2, 0) is 20.8 Å². The van der Waals surface area contributed by atoms with Gasteiger partial charge >= 0.3 is 0 Å². The summed E-state index contributed by atoms with van der Waals surface area (Å²) in [7, 11) is 0. The highest BCUT2D eigenvalue weighted by molar-refractivity contribution is 6.00. The van der Waals surface area contributed by atoms with E-state index in [4.69, 9.17) is 4.74 Å². The molecule has 1 spiro atoms. The van der Waals surface area contributed by atoms with Gasteiger partial charge in [0, 0.05) is 13.0 Å². The van der Waals surface area contributed by atoms with Crippen LogP contribution in [0.15, 0.2) is 54.6 Å². The third kappa shape index (κ3) is 7.40. The molecule has 40 heavy (non-hydrogen) atoms. The fourth-order valence-electron chi connectivity index (χ4n) is 5.26. The molecule has 0 bridgehead atoms. The van der Waals surface area contributed by atoms with E-state index in [2.05, 4.69) is 21.3 Å². The Kier molecular flexibility index (Phi) is 9.79. The molecular weight excluding hydrogens is 508 g/mol. The van der Waals surface area contributed by atoms with Gasteiger partial charge in [0.1, 0.15) is 23.9 Å². The van der Waals surface area contributed by atoms with Gasteiger partial charge in [0.15, 0.2) is 0 Å². The predicted octanol–water partition coefficient (Wildman–Crippen LogP) is 2.89. The van der Waals surface area contributed by atoms with Gasteiger partial charge in [0.25, 0.3) is 5.91 Å². The van der Waals surface area contributed by atoms with Gasteiger partial charge in [-0.1, -0.05) is 69.2 Å². The van der Waals surface area contributed by atoms with Gasteiger partial charge in [0.05, 0.1) is 11.6 Å². The zero-order valence-corrected chi connectivity index (χ0v) is 23.3. The molecule has 0 aromatic heterocycles. The van der Waals surface area contributed by atoms with Crippen molar-refractivity contribution in [2.75, 3.05) is 13.2 Å². The highest BCUT2D eigenvalue weighted by Crippen LogP contribution is 2.31. The van der Waals surface area contributed by atoms with Gasteiger partial charge < -0.3 is 26.0 Å². The van der Waals surface area contributed by atoms with Crippen LogP contribution in [0.5, 0.6) is 5.75 Å². The second kappa shape index (κ2) is 13.5. The number of ether oxygens (including phenoxy) is 1. The van der Waals surface area contributed by atoms with Crippen molar-refractivity contribution < 1.29 is 23.9 Å². The van der Waals surface area contributed by atoms with Crippen molar-refractivity contribution in [3.63, 3.8) is 0 Å². The summed E-state index contributed by atoms with van der Waals surface area (Å²) in [6.45, 7) is 4.52. The Labute approximate surface area is 235 Å². The smallest absolute Gasteiger partial charge is 0.255 e. The second-order valence-electron chi connectivity index (χ2n) is 11.1. The van der Waals surface area contributed by atoms with Gasteiger partial charge in [-0.05, 0) is 49.3 Å². The van der Waals surface area contributed by atoms with E-state index in [1.807, 2.05) is 44.2 Å². The summed E-state index contributed by atoms with van der Waals surface area (Å²) in [5, 5.41) is 11.8. The lowest BCUT2D eigenvalue weighted by Gasteiger charge is -2.32. The van der Waals surface area contributed by atoms with Crippen LogP contribution in [0.3, 0.4) is 0 Å². The zero-order chi connectivity index (χ0) is 28.5. The number of para-hydroxylation sites is 1. The number of benzene rings is 2. The SMILES string of the molecule is CC(C)[C@H]1COc2ccccc2C(=O)N[C@H](C(=O)NCCc2ccccc2)CCC(=O)NC2(CCCC2)C(=O)N1. The van der Waals surface area contributed by atoms with E-state index in [1.54, 1.807) is 24.3 Å². The van der Waals surface area contributed by atoms with Gasteiger partial charge in [0.2, 0.25) is 17.7 Å². The van der Waals surface area contributed by atoms with Crippen molar-refractivity contribution in [1.29, 1.82) is 0 Å². The molecule has 2 aliphatic rings. The van der Waals surface area contributed by atoms with Crippen LogP contribution < -0.4 is 26.0 Å². The highest BCUT2D eigenvalue weighted by atomic mass is 16.5. The molecule has 214 valence electrons. The summed E-state index contributed by atoms with van der Waals surface area (Å²) in [4.78, 5) is 53.2. The average Bonchev–Trinajstić information content (AvgIpc) is 3.42. The average molecular weight is 549 g/mol. The van der Waals surface area contributed by atoms with Crippen LogP contribution in [0.4, 0.5) is 0 Å².